The van der Waals surface area contributed by atoms with E-state index in [9.17, 15) is 8.78 Å². The van der Waals surface area contributed by atoms with Crippen molar-refractivity contribution in [2.75, 3.05) is 18.0 Å². The fourth-order valence-electron chi connectivity index (χ4n) is 6.37. The summed E-state index contributed by atoms with van der Waals surface area (Å²) in [5, 5.41) is 17.0. The first-order chi connectivity index (χ1) is 24.1. The molecule has 2 bridgehead atoms. The van der Waals surface area contributed by atoms with Gasteiger partial charge in [-0.15, -0.1) is 10.2 Å². The summed E-state index contributed by atoms with van der Waals surface area (Å²) < 4.78 is 47.4. The highest BCUT2D eigenvalue weighted by molar-refractivity contribution is 9.10. The van der Waals surface area contributed by atoms with Gasteiger partial charge in [0.25, 0.3) is 0 Å². The van der Waals surface area contributed by atoms with Crippen molar-refractivity contribution in [1.29, 1.82) is 0 Å². The molecule has 4 heterocycles. The molecule has 12 nitrogen and oxygen atoms in total. The molecule has 2 aromatic carbocycles. The topological polar surface area (TPSA) is 122 Å². The molecule has 1 aliphatic heterocycles. The van der Waals surface area contributed by atoms with Crippen LogP contribution in [0, 0.1) is 36.3 Å². The second-order valence-corrected chi connectivity index (χ2v) is 13.8. The standard InChI is InChI=1S/C22H26ClFN6O2.C11H10BrClFN3O/c1-3-8-30-21(32-16-6-7-19(24)18(23)9-16)25-20(28-30)10-17-14-4-5-15(17)12-29(11-14)22-27-26-13(2)31-22;1-2-5-17-11(15-10(12)16-17)18-7-3-4-9(14)8(13)6-7/h6-7,9,14-15,17H,3-5,8,10-12H2,1-2H3;3-4,6H,2,5H2,1H3/t14-,15+,17?;. The quantitative estimate of drug-likeness (QED) is 0.128. The average Bonchev–Trinajstić information content (AvgIpc) is 3.83. The van der Waals surface area contributed by atoms with E-state index >= 15 is 0 Å². The minimum atomic E-state index is -0.486. The predicted molar refractivity (Wildman–Crippen MR) is 186 cm³/mol. The Morgan fingerprint density at radius 3 is 1.92 bits per heavy atom. The number of anilines is 1. The molecule has 3 atom stereocenters. The molecule has 7 rings (SSSR count). The van der Waals surface area contributed by atoms with Crippen molar-refractivity contribution in [1.82, 2.24) is 39.7 Å². The number of halogens is 5. The Balaban J connectivity index is 0.000000204. The minimum Gasteiger partial charge on any atom is -0.424 e. The van der Waals surface area contributed by atoms with E-state index in [2.05, 4.69) is 53.0 Å². The van der Waals surface area contributed by atoms with Gasteiger partial charge in [-0.25, -0.2) is 18.1 Å². The van der Waals surface area contributed by atoms with E-state index in [1.165, 1.54) is 43.2 Å². The molecular weight excluding hydrogens is 759 g/mol. The summed E-state index contributed by atoms with van der Waals surface area (Å²) in [5.74, 6) is 2.86. The number of aryl methyl sites for hydroxylation is 3. The van der Waals surface area contributed by atoms with Crippen LogP contribution in [-0.4, -0.2) is 52.8 Å². The number of ether oxygens (including phenoxy) is 2. The van der Waals surface area contributed by atoms with E-state index in [4.69, 9.17) is 42.2 Å². The smallest absolute Gasteiger partial charge is 0.321 e. The Morgan fingerprint density at radius 1 is 0.840 bits per heavy atom. The Labute approximate surface area is 306 Å². The molecule has 2 fully saturated rings. The van der Waals surface area contributed by atoms with E-state index in [0.717, 1.165) is 38.2 Å². The van der Waals surface area contributed by atoms with E-state index in [1.807, 2.05) is 13.8 Å². The first kappa shape index (κ1) is 36.0. The lowest BCUT2D eigenvalue weighted by molar-refractivity contribution is 0.257. The van der Waals surface area contributed by atoms with Crippen molar-refractivity contribution in [3.05, 3.63) is 74.5 Å². The molecule has 17 heteroatoms. The summed E-state index contributed by atoms with van der Waals surface area (Å²) in [4.78, 5) is 11.0. The van der Waals surface area contributed by atoms with Crippen LogP contribution in [0.15, 0.2) is 45.5 Å². The molecule has 1 saturated carbocycles. The number of piperidine rings is 1. The van der Waals surface area contributed by atoms with Gasteiger partial charge in [0.1, 0.15) is 23.1 Å². The van der Waals surface area contributed by atoms with Crippen molar-refractivity contribution < 1.29 is 22.7 Å². The normalized spacial score (nSPS) is 18.2. The average molecular weight is 796 g/mol. The van der Waals surface area contributed by atoms with Crippen LogP contribution in [0.5, 0.6) is 23.5 Å². The van der Waals surface area contributed by atoms with Gasteiger partial charge >= 0.3 is 18.0 Å². The zero-order chi connectivity index (χ0) is 35.4. The summed E-state index contributed by atoms with van der Waals surface area (Å²) in [7, 11) is 0. The minimum absolute atomic E-state index is 0.00752. The molecule has 2 aliphatic rings. The summed E-state index contributed by atoms with van der Waals surface area (Å²) in [6.45, 7) is 9.12. The maximum atomic E-state index is 13.5. The van der Waals surface area contributed by atoms with Gasteiger partial charge in [0, 0.05) is 51.7 Å². The van der Waals surface area contributed by atoms with Gasteiger partial charge in [-0.3, -0.25) is 0 Å². The van der Waals surface area contributed by atoms with Crippen LogP contribution < -0.4 is 14.4 Å². The Morgan fingerprint density at radius 2 is 1.40 bits per heavy atom. The molecule has 0 spiro atoms. The van der Waals surface area contributed by atoms with Gasteiger partial charge < -0.3 is 18.8 Å². The monoisotopic (exact) mass is 793 g/mol. The zero-order valence-electron chi connectivity index (χ0n) is 27.7. The van der Waals surface area contributed by atoms with E-state index in [1.54, 1.807) is 15.4 Å². The second kappa shape index (κ2) is 16.0. The van der Waals surface area contributed by atoms with Crippen molar-refractivity contribution in [3.63, 3.8) is 0 Å². The third kappa shape index (κ3) is 8.55. The molecule has 0 N–H and O–H groups in total. The maximum Gasteiger partial charge on any atom is 0.321 e. The lowest BCUT2D eigenvalue weighted by Gasteiger charge is -2.36. The first-order valence-corrected chi connectivity index (χ1v) is 18.0. The van der Waals surface area contributed by atoms with Crippen molar-refractivity contribution in [2.45, 2.75) is 66.0 Å². The first-order valence-electron chi connectivity index (χ1n) is 16.4. The number of hydrogen-bond donors (Lipinski definition) is 0. The summed E-state index contributed by atoms with van der Waals surface area (Å²) in [6.07, 6.45) is 4.98. The molecule has 266 valence electrons. The number of hydrogen-bond acceptors (Lipinski definition) is 10. The molecular formula is C33H36BrCl2F2N9O3. The van der Waals surface area contributed by atoms with Crippen LogP contribution in [0.1, 0.15) is 51.2 Å². The van der Waals surface area contributed by atoms with Crippen molar-refractivity contribution >= 4 is 45.1 Å². The van der Waals surface area contributed by atoms with Crippen molar-refractivity contribution in [3.8, 4) is 23.5 Å². The third-order valence-corrected chi connectivity index (χ3v) is 9.51. The van der Waals surface area contributed by atoms with E-state index < -0.39 is 11.6 Å². The number of fused-ring (bicyclic) bond motifs is 2. The molecule has 1 aliphatic carbocycles. The fraction of sp³-hybridized carbons (Fsp3) is 0.455. The van der Waals surface area contributed by atoms with Crippen LogP contribution in [-0.2, 0) is 19.5 Å². The van der Waals surface area contributed by atoms with Gasteiger partial charge in [-0.2, -0.15) is 15.1 Å². The number of benzene rings is 2. The summed E-state index contributed by atoms with van der Waals surface area (Å²) in [5.41, 5.74) is 0. The highest BCUT2D eigenvalue weighted by Crippen LogP contribution is 2.44. The van der Waals surface area contributed by atoms with Crippen LogP contribution in [0.2, 0.25) is 10.0 Å². The van der Waals surface area contributed by atoms with Crippen LogP contribution >= 0.6 is 39.1 Å². The van der Waals surface area contributed by atoms with E-state index in [-0.39, 0.29) is 10.0 Å². The number of rotatable bonds is 11. The lowest BCUT2D eigenvalue weighted by Crippen LogP contribution is -2.43. The summed E-state index contributed by atoms with van der Waals surface area (Å²) in [6, 6.07) is 9.79. The van der Waals surface area contributed by atoms with Crippen LogP contribution in [0.25, 0.3) is 0 Å². The molecule has 3 aromatic heterocycles. The molecule has 50 heavy (non-hydrogen) atoms. The highest BCUT2D eigenvalue weighted by atomic mass is 79.9. The van der Waals surface area contributed by atoms with Gasteiger partial charge in [0.05, 0.1) is 10.0 Å². The van der Waals surface area contributed by atoms with Gasteiger partial charge in [0.15, 0.2) is 5.82 Å². The number of nitrogens with zero attached hydrogens (tertiary/aromatic N) is 9. The third-order valence-electron chi connectivity index (χ3n) is 8.60. The molecule has 0 radical (unpaired) electrons. The van der Waals surface area contributed by atoms with Gasteiger partial charge in [0.2, 0.25) is 10.6 Å². The van der Waals surface area contributed by atoms with Crippen LogP contribution in [0.3, 0.4) is 0 Å². The van der Waals surface area contributed by atoms with E-state index in [0.29, 0.717) is 71.0 Å². The summed E-state index contributed by atoms with van der Waals surface area (Å²) >= 11 is 14.8. The molecule has 1 unspecified atom stereocenters. The molecule has 1 saturated heterocycles. The molecule has 5 aromatic rings. The van der Waals surface area contributed by atoms with Gasteiger partial charge in [-0.05, 0) is 83.6 Å². The van der Waals surface area contributed by atoms with Gasteiger partial charge in [-0.1, -0.05) is 42.1 Å². The zero-order valence-corrected chi connectivity index (χ0v) is 30.8. The lowest BCUT2D eigenvalue weighted by atomic mass is 9.82. The second-order valence-electron chi connectivity index (χ2n) is 12.3. The Hall–Kier alpha value is -3.82. The number of aromatic nitrogens is 8. The maximum absolute atomic E-state index is 13.5. The largest absolute Gasteiger partial charge is 0.424 e. The predicted octanol–water partition coefficient (Wildman–Crippen LogP) is 8.70. The Kier molecular flexibility index (Phi) is 11.5. The Bertz CT molecular complexity index is 1910. The fourth-order valence-corrected chi connectivity index (χ4v) is 7.05. The highest BCUT2D eigenvalue weighted by Gasteiger charge is 2.43. The molecule has 0 amide bonds. The SMILES string of the molecule is CCCn1nc(Br)nc1Oc1ccc(F)c(Cl)c1.CCCn1nc(CC2[C@@H]3CC[C@H]2CN(c2nnc(C)o2)C3)nc1Oc1ccc(F)c(Cl)c1. The van der Waals surface area contributed by atoms with Crippen molar-refractivity contribution in [2.24, 2.45) is 17.8 Å². The van der Waals surface area contributed by atoms with Crippen LogP contribution in [0.4, 0.5) is 14.8 Å².